The Morgan fingerprint density at radius 3 is 2.44 bits per heavy atom. The number of halogens is 2. The van der Waals surface area contributed by atoms with Gasteiger partial charge in [0.2, 0.25) is 0 Å². The third-order valence-corrected chi connectivity index (χ3v) is 3.56. The highest BCUT2D eigenvalue weighted by Crippen LogP contribution is 2.27. The van der Waals surface area contributed by atoms with Gasteiger partial charge in [0.05, 0.1) is 6.04 Å². The van der Waals surface area contributed by atoms with Crippen molar-refractivity contribution in [2.75, 3.05) is 6.54 Å². The van der Waals surface area contributed by atoms with Crippen LogP contribution in [0.15, 0.2) is 51.7 Å². The van der Waals surface area contributed by atoms with Gasteiger partial charge in [0, 0.05) is 21.3 Å². The van der Waals surface area contributed by atoms with E-state index >= 15 is 0 Å². The summed E-state index contributed by atoms with van der Waals surface area (Å²) in [6, 6.07) is 10.5. The highest BCUT2D eigenvalue weighted by atomic mass is 79.9. The number of hydrogen-bond donors (Lipinski definition) is 1. The van der Waals surface area contributed by atoms with Crippen molar-refractivity contribution in [3.8, 4) is 0 Å². The Kier molecular flexibility index (Phi) is 4.92. The lowest BCUT2D eigenvalue weighted by atomic mass is 10.0. The van der Waals surface area contributed by atoms with Crippen molar-refractivity contribution >= 4 is 31.9 Å². The Bertz CT molecular complexity index is 494. The van der Waals surface area contributed by atoms with Crippen LogP contribution < -0.4 is 5.32 Å². The summed E-state index contributed by atoms with van der Waals surface area (Å²) >= 11 is 7.06. The fourth-order valence-electron chi connectivity index (χ4n) is 1.92. The van der Waals surface area contributed by atoms with Crippen LogP contribution >= 0.6 is 31.9 Å². The monoisotopic (exact) mass is 368 g/mol. The quantitative estimate of drug-likeness (QED) is 0.868. The summed E-state index contributed by atoms with van der Waals surface area (Å²) in [4.78, 5) is 4.19. The molecule has 0 aliphatic carbocycles. The van der Waals surface area contributed by atoms with Crippen molar-refractivity contribution in [1.82, 2.24) is 10.3 Å². The summed E-state index contributed by atoms with van der Waals surface area (Å²) in [6.07, 6.45) is 3.70. The van der Waals surface area contributed by atoms with E-state index < -0.39 is 0 Å². The number of nitrogens with one attached hydrogen (secondary N) is 1. The van der Waals surface area contributed by atoms with Crippen LogP contribution in [-0.2, 0) is 0 Å². The summed E-state index contributed by atoms with van der Waals surface area (Å²) in [5.41, 5.74) is 2.38. The summed E-state index contributed by atoms with van der Waals surface area (Å²) in [5, 5.41) is 3.49. The third-order valence-electron chi connectivity index (χ3n) is 2.64. The molecule has 1 N–H and O–H groups in total. The number of hydrogen-bond acceptors (Lipinski definition) is 2. The Hall–Kier alpha value is -0.710. The summed E-state index contributed by atoms with van der Waals surface area (Å²) in [5.74, 6) is 0. The van der Waals surface area contributed by atoms with Gasteiger partial charge in [-0.05, 0) is 41.9 Å². The molecule has 0 aliphatic heterocycles. The van der Waals surface area contributed by atoms with Crippen molar-refractivity contribution in [2.24, 2.45) is 0 Å². The zero-order valence-electron chi connectivity index (χ0n) is 10.0. The largest absolute Gasteiger partial charge is 0.306 e. The first-order chi connectivity index (χ1) is 8.70. The smallest absolute Gasteiger partial charge is 0.0592 e. The van der Waals surface area contributed by atoms with Crippen LogP contribution in [0.5, 0.6) is 0 Å². The maximum Gasteiger partial charge on any atom is 0.0592 e. The molecule has 1 aromatic heterocycles. The molecule has 1 aromatic carbocycles. The highest BCUT2D eigenvalue weighted by Gasteiger charge is 2.13. The second kappa shape index (κ2) is 6.45. The van der Waals surface area contributed by atoms with E-state index in [2.05, 4.69) is 67.3 Å². The first-order valence-corrected chi connectivity index (χ1v) is 7.38. The van der Waals surface area contributed by atoms with E-state index in [0.717, 1.165) is 15.5 Å². The lowest BCUT2D eigenvalue weighted by molar-refractivity contribution is 0.628. The van der Waals surface area contributed by atoms with Crippen LogP contribution in [0.3, 0.4) is 0 Å². The molecule has 1 atom stereocenters. The number of benzene rings is 1. The van der Waals surface area contributed by atoms with Crippen molar-refractivity contribution in [3.63, 3.8) is 0 Å². The molecule has 0 amide bonds. The summed E-state index contributed by atoms with van der Waals surface area (Å²) in [6.45, 7) is 3.01. The molecule has 0 saturated carbocycles. The topological polar surface area (TPSA) is 24.9 Å². The van der Waals surface area contributed by atoms with Gasteiger partial charge in [-0.1, -0.05) is 44.8 Å². The minimum absolute atomic E-state index is 0.164. The minimum atomic E-state index is 0.164. The molecule has 2 aromatic rings. The number of aromatic nitrogens is 1. The van der Waals surface area contributed by atoms with Gasteiger partial charge in [-0.25, -0.2) is 0 Å². The molecule has 0 bridgehead atoms. The molecule has 0 spiro atoms. The second-order valence-electron chi connectivity index (χ2n) is 3.98. The average Bonchev–Trinajstić information content (AvgIpc) is 2.36. The minimum Gasteiger partial charge on any atom is -0.306 e. The van der Waals surface area contributed by atoms with Gasteiger partial charge in [0.1, 0.15) is 0 Å². The lowest BCUT2D eigenvalue weighted by Gasteiger charge is -2.19. The molecule has 1 unspecified atom stereocenters. The van der Waals surface area contributed by atoms with Crippen LogP contribution in [0.2, 0.25) is 0 Å². The van der Waals surface area contributed by atoms with Crippen LogP contribution in [0.4, 0.5) is 0 Å². The van der Waals surface area contributed by atoms with Crippen LogP contribution in [0.25, 0.3) is 0 Å². The average molecular weight is 370 g/mol. The fourth-order valence-corrected chi connectivity index (χ4v) is 3.25. The Balaban J connectivity index is 2.41. The van der Waals surface area contributed by atoms with Crippen molar-refractivity contribution in [2.45, 2.75) is 13.0 Å². The van der Waals surface area contributed by atoms with Gasteiger partial charge in [-0.15, -0.1) is 0 Å². The third kappa shape index (κ3) is 3.40. The van der Waals surface area contributed by atoms with E-state index in [1.54, 1.807) is 6.20 Å². The van der Waals surface area contributed by atoms with Gasteiger partial charge in [-0.3, -0.25) is 4.98 Å². The van der Waals surface area contributed by atoms with Crippen molar-refractivity contribution in [1.29, 1.82) is 0 Å². The second-order valence-corrected chi connectivity index (χ2v) is 5.81. The summed E-state index contributed by atoms with van der Waals surface area (Å²) < 4.78 is 2.14. The normalized spacial score (nSPS) is 12.4. The predicted molar refractivity (Wildman–Crippen MR) is 81.6 cm³/mol. The van der Waals surface area contributed by atoms with E-state index in [0.29, 0.717) is 0 Å². The van der Waals surface area contributed by atoms with Crippen molar-refractivity contribution in [3.05, 3.63) is 62.8 Å². The molecule has 94 valence electrons. The van der Waals surface area contributed by atoms with E-state index in [4.69, 9.17) is 0 Å². The maximum absolute atomic E-state index is 4.19. The fraction of sp³-hybridized carbons (Fsp3) is 0.214. The Morgan fingerprint density at radius 2 is 1.89 bits per heavy atom. The van der Waals surface area contributed by atoms with Gasteiger partial charge < -0.3 is 5.32 Å². The zero-order valence-corrected chi connectivity index (χ0v) is 13.2. The van der Waals surface area contributed by atoms with E-state index in [1.807, 2.05) is 18.3 Å². The van der Waals surface area contributed by atoms with Gasteiger partial charge in [-0.2, -0.15) is 0 Å². The highest BCUT2D eigenvalue weighted by molar-refractivity contribution is 9.11. The van der Waals surface area contributed by atoms with E-state index in [1.165, 1.54) is 11.1 Å². The molecular weight excluding hydrogens is 356 g/mol. The van der Waals surface area contributed by atoms with Crippen LogP contribution in [-0.4, -0.2) is 11.5 Å². The van der Waals surface area contributed by atoms with Gasteiger partial charge in [0.15, 0.2) is 0 Å². The summed E-state index contributed by atoms with van der Waals surface area (Å²) in [7, 11) is 0. The molecule has 0 fully saturated rings. The molecule has 0 saturated heterocycles. The maximum atomic E-state index is 4.19. The molecule has 4 heteroatoms. The van der Waals surface area contributed by atoms with Crippen molar-refractivity contribution < 1.29 is 0 Å². The number of pyridine rings is 1. The number of rotatable bonds is 4. The van der Waals surface area contributed by atoms with Crippen LogP contribution in [0.1, 0.15) is 24.1 Å². The molecule has 0 radical (unpaired) electrons. The molecule has 2 nitrogen and oxygen atoms in total. The van der Waals surface area contributed by atoms with Gasteiger partial charge >= 0.3 is 0 Å². The Labute approximate surface area is 124 Å². The van der Waals surface area contributed by atoms with E-state index in [-0.39, 0.29) is 6.04 Å². The zero-order chi connectivity index (χ0) is 13.0. The predicted octanol–water partition coefficient (Wildman–Crippen LogP) is 4.31. The first-order valence-electron chi connectivity index (χ1n) is 5.80. The molecule has 18 heavy (non-hydrogen) atoms. The number of nitrogens with zero attached hydrogens (tertiary/aromatic N) is 1. The molecule has 0 aliphatic rings. The standard InChI is InChI=1S/C14H14Br2N2/c1-2-18-14(10-4-3-5-17-9-10)11-6-12(15)8-13(16)7-11/h3-9,14,18H,2H2,1H3. The SMILES string of the molecule is CCNC(c1cccnc1)c1cc(Br)cc(Br)c1. The molecule has 2 rings (SSSR count). The molecule has 1 heterocycles. The first kappa shape index (κ1) is 13.7. The van der Waals surface area contributed by atoms with Gasteiger partial charge in [0.25, 0.3) is 0 Å². The molecular formula is C14H14Br2N2. The van der Waals surface area contributed by atoms with Crippen LogP contribution in [0, 0.1) is 0 Å². The Morgan fingerprint density at radius 1 is 1.17 bits per heavy atom. The van der Waals surface area contributed by atoms with E-state index in [9.17, 15) is 0 Å². The lowest BCUT2D eigenvalue weighted by Crippen LogP contribution is -2.22.